The molecule has 2 aliphatic heterocycles. The average Bonchev–Trinajstić information content (AvgIpc) is 3.09. The summed E-state index contributed by atoms with van der Waals surface area (Å²) in [5.41, 5.74) is 4.70. The van der Waals surface area contributed by atoms with Gasteiger partial charge in [0.15, 0.2) is 0 Å². The summed E-state index contributed by atoms with van der Waals surface area (Å²) in [5, 5.41) is 0. The van der Waals surface area contributed by atoms with Gasteiger partial charge in [-0.05, 0) is 48.4 Å². The van der Waals surface area contributed by atoms with Crippen LogP contribution < -0.4 is 4.74 Å². The van der Waals surface area contributed by atoms with Gasteiger partial charge in [0.05, 0.1) is 6.61 Å². The highest BCUT2D eigenvalue weighted by Crippen LogP contribution is 2.27. The van der Waals surface area contributed by atoms with Gasteiger partial charge in [-0.3, -0.25) is 9.69 Å². The molecule has 0 bridgehead atoms. The van der Waals surface area contributed by atoms with Gasteiger partial charge >= 0.3 is 0 Å². The molecular weight excluding hydrogens is 312 g/mol. The Morgan fingerprint density at radius 3 is 2.84 bits per heavy atom. The largest absolute Gasteiger partial charge is 0.493 e. The maximum atomic E-state index is 12.8. The fourth-order valence-electron chi connectivity index (χ4n) is 3.86. The first kappa shape index (κ1) is 16.2. The van der Waals surface area contributed by atoms with E-state index in [0.717, 1.165) is 49.4 Å². The van der Waals surface area contributed by atoms with Gasteiger partial charge < -0.3 is 9.64 Å². The number of ether oxygens (including phenoxy) is 1. The van der Waals surface area contributed by atoms with Crippen molar-refractivity contribution in [2.24, 2.45) is 0 Å². The molecule has 0 unspecified atom stereocenters. The van der Waals surface area contributed by atoms with Crippen LogP contribution in [-0.2, 0) is 19.4 Å². The maximum absolute atomic E-state index is 12.8. The lowest BCUT2D eigenvalue weighted by atomic mass is 9.94. The van der Waals surface area contributed by atoms with E-state index in [4.69, 9.17) is 4.74 Å². The van der Waals surface area contributed by atoms with Crippen molar-refractivity contribution in [2.45, 2.75) is 25.4 Å². The van der Waals surface area contributed by atoms with Crippen LogP contribution in [0.4, 0.5) is 0 Å². The van der Waals surface area contributed by atoms with E-state index in [9.17, 15) is 4.79 Å². The van der Waals surface area contributed by atoms with E-state index in [0.29, 0.717) is 6.04 Å². The minimum atomic E-state index is 0.0851. The van der Waals surface area contributed by atoms with Gasteiger partial charge in [-0.15, -0.1) is 0 Å². The molecule has 0 saturated heterocycles. The van der Waals surface area contributed by atoms with Crippen LogP contribution in [0.25, 0.3) is 0 Å². The summed E-state index contributed by atoms with van der Waals surface area (Å²) in [6, 6.07) is 14.7. The molecule has 25 heavy (non-hydrogen) atoms. The molecule has 0 radical (unpaired) electrons. The molecule has 0 saturated carbocycles. The predicted octanol–water partition coefficient (Wildman–Crippen LogP) is 2.75. The number of fused-ring (bicyclic) bond motifs is 2. The zero-order valence-electron chi connectivity index (χ0n) is 14.9. The van der Waals surface area contributed by atoms with Crippen molar-refractivity contribution in [1.82, 2.24) is 9.80 Å². The Morgan fingerprint density at radius 2 is 2.00 bits per heavy atom. The van der Waals surface area contributed by atoms with Crippen LogP contribution in [0.2, 0.25) is 0 Å². The summed E-state index contributed by atoms with van der Waals surface area (Å²) in [6.07, 6.45) is 1.88. The monoisotopic (exact) mass is 336 g/mol. The van der Waals surface area contributed by atoms with E-state index in [1.807, 2.05) is 30.1 Å². The fraction of sp³-hybridized carbons (Fsp3) is 0.381. The number of carbonyl (C=O) groups excluding carboxylic acids is 1. The van der Waals surface area contributed by atoms with Crippen LogP contribution in [0.5, 0.6) is 5.75 Å². The van der Waals surface area contributed by atoms with E-state index in [1.165, 1.54) is 11.1 Å². The summed E-state index contributed by atoms with van der Waals surface area (Å²) < 4.78 is 5.53. The number of nitrogens with zero attached hydrogens (tertiary/aromatic N) is 2. The van der Waals surface area contributed by atoms with Crippen LogP contribution in [0.1, 0.15) is 27.0 Å². The third-order valence-corrected chi connectivity index (χ3v) is 5.38. The Balaban J connectivity index is 1.46. The molecule has 2 aromatic rings. The molecule has 130 valence electrons. The number of rotatable bonds is 3. The number of benzene rings is 2. The van der Waals surface area contributed by atoms with Crippen molar-refractivity contribution in [3.8, 4) is 5.75 Å². The van der Waals surface area contributed by atoms with Crippen molar-refractivity contribution in [3.63, 3.8) is 0 Å². The van der Waals surface area contributed by atoms with E-state index >= 15 is 0 Å². The number of likely N-dealkylation sites (N-methyl/N-ethyl adjacent to an activating group) is 2. The first-order valence-electron chi connectivity index (χ1n) is 8.90. The summed E-state index contributed by atoms with van der Waals surface area (Å²) in [4.78, 5) is 17.0. The van der Waals surface area contributed by atoms with Crippen molar-refractivity contribution >= 4 is 5.91 Å². The Bertz CT molecular complexity index is 802. The van der Waals surface area contributed by atoms with Gasteiger partial charge in [0, 0.05) is 38.2 Å². The Kier molecular flexibility index (Phi) is 4.22. The maximum Gasteiger partial charge on any atom is 0.253 e. The average molecular weight is 336 g/mol. The van der Waals surface area contributed by atoms with E-state index in [2.05, 4.69) is 36.2 Å². The quantitative estimate of drug-likeness (QED) is 0.864. The zero-order chi connectivity index (χ0) is 17.4. The fourth-order valence-corrected chi connectivity index (χ4v) is 3.86. The first-order chi connectivity index (χ1) is 12.1. The lowest BCUT2D eigenvalue weighted by Gasteiger charge is -2.36. The van der Waals surface area contributed by atoms with Gasteiger partial charge in [0.2, 0.25) is 0 Å². The van der Waals surface area contributed by atoms with Crippen LogP contribution in [0.3, 0.4) is 0 Å². The van der Waals surface area contributed by atoms with Gasteiger partial charge in [0.1, 0.15) is 5.75 Å². The Morgan fingerprint density at radius 1 is 1.20 bits per heavy atom. The van der Waals surface area contributed by atoms with Crippen molar-refractivity contribution in [3.05, 3.63) is 64.7 Å². The lowest BCUT2D eigenvalue weighted by Crippen LogP contribution is -2.46. The van der Waals surface area contributed by atoms with E-state index in [1.54, 1.807) is 0 Å². The summed E-state index contributed by atoms with van der Waals surface area (Å²) in [6.45, 7) is 2.39. The Hall–Kier alpha value is -2.33. The zero-order valence-corrected chi connectivity index (χ0v) is 14.9. The molecule has 2 aliphatic rings. The molecule has 0 aromatic heterocycles. The van der Waals surface area contributed by atoms with Gasteiger partial charge in [-0.1, -0.05) is 24.3 Å². The number of hydrogen-bond donors (Lipinski definition) is 0. The van der Waals surface area contributed by atoms with E-state index < -0.39 is 0 Å². The molecule has 4 nitrogen and oxygen atoms in total. The molecule has 0 N–H and O–H groups in total. The topological polar surface area (TPSA) is 32.8 Å². The van der Waals surface area contributed by atoms with Gasteiger partial charge in [0.25, 0.3) is 5.91 Å². The standard InChI is InChI=1S/C21H24N2O2/c1-22-13-18-6-4-3-5-15(18)12-19(22)14-23(2)21(24)17-7-8-20-16(11-17)9-10-25-20/h3-8,11,19H,9-10,12-14H2,1-2H3/t19-/m0/s1. The van der Waals surface area contributed by atoms with Crippen molar-refractivity contribution in [1.29, 1.82) is 0 Å². The highest BCUT2D eigenvalue weighted by molar-refractivity contribution is 5.94. The third-order valence-electron chi connectivity index (χ3n) is 5.38. The minimum Gasteiger partial charge on any atom is -0.493 e. The lowest BCUT2D eigenvalue weighted by molar-refractivity contribution is 0.0733. The second-order valence-electron chi connectivity index (χ2n) is 7.15. The molecule has 4 rings (SSSR count). The second kappa shape index (κ2) is 6.52. The van der Waals surface area contributed by atoms with Crippen LogP contribution in [0.15, 0.2) is 42.5 Å². The Labute approximate surface area is 149 Å². The molecule has 0 fully saturated rings. The van der Waals surface area contributed by atoms with Crippen molar-refractivity contribution < 1.29 is 9.53 Å². The van der Waals surface area contributed by atoms with Crippen LogP contribution in [-0.4, -0.2) is 49.0 Å². The summed E-state index contributed by atoms with van der Waals surface area (Å²) in [5.74, 6) is 1.00. The summed E-state index contributed by atoms with van der Waals surface area (Å²) in [7, 11) is 4.05. The molecule has 2 aromatic carbocycles. The molecule has 1 atom stereocenters. The highest BCUT2D eigenvalue weighted by Gasteiger charge is 2.26. The van der Waals surface area contributed by atoms with Crippen molar-refractivity contribution in [2.75, 3.05) is 27.2 Å². The molecule has 4 heteroatoms. The molecule has 2 heterocycles. The minimum absolute atomic E-state index is 0.0851. The second-order valence-corrected chi connectivity index (χ2v) is 7.15. The normalized spacial score (nSPS) is 19.0. The van der Waals surface area contributed by atoms with Gasteiger partial charge in [-0.2, -0.15) is 0 Å². The highest BCUT2D eigenvalue weighted by atomic mass is 16.5. The van der Waals surface area contributed by atoms with Crippen LogP contribution >= 0.6 is 0 Å². The SMILES string of the molecule is CN(C[C@@H]1Cc2ccccc2CN1C)C(=O)c1ccc2c(c1)CCO2. The smallest absolute Gasteiger partial charge is 0.253 e. The number of carbonyl (C=O) groups is 1. The number of hydrogen-bond acceptors (Lipinski definition) is 3. The van der Waals surface area contributed by atoms with Crippen LogP contribution in [0, 0.1) is 0 Å². The van der Waals surface area contributed by atoms with E-state index in [-0.39, 0.29) is 5.91 Å². The molecule has 0 spiro atoms. The molecule has 1 amide bonds. The predicted molar refractivity (Wildman–Crippen MR) is 98.0 cm³/mol. The number of amides is 1. The molecular formula is C21H24N2O2. The first-order valence-corrected chi connectivity index (χ1v) is 8.90. The van der Waals surface area contributed by atoms with Gasteiger partial charge in [-0.25, -0.2) is 0 Å². The molecule has 0 aliphatic carbocycles. The third kappa shape index (κ3) is 3.14. The summed E-state index contributed by atoms with van der Waals surface area (Å²) >= 11 is 0.